The molecule has 0 bridgehead atoms. The summed E-state index contributed by atoms with van der Waals surface area (Å²) in [6, 6.07) is 15.4. The second kappa shape index (κ2) is 11.3. The van der Waals surface area contributed by atoms with Gasteiger partial charge in [-0.15, -0.1) is 0 Å². The number of nitriles is 1. The van der Waals surface area contributed by atoms with Crippen LogP contribution in [0.4, 0.5) is 0 Å². The predicted octanol–water partition coefficient (Wildman–Crippen LogP) is 4.43. The summed E-state index contributed by atoms with van der Waals surface area (Å²) in [7, 11) is 0. The SMILES string of the molecule is [C-]#[N+]C(C#N)=Cc1ccc(OCC(O)COc2ccc(C=C([N+]#[C-])[N+]#[C-])cc2)cc1. The molecule has 0 aromatic heterocycles. The van der Waals surface area contributed by atoms with Crippen LogP contribution in [-0.4, -0.2) is 24.4 Å². The van der Waals surface area contributed by atoms with Gasteiger partial charge in [0.1, 0.15) is 44.0 Å². The van der Waals surface area contributed by atoms with Crippen LogP contribution in [-0.2, 0) is 0 Å². The van der Waals surface area contributed by atoms with Crippen LogP contribution in [0.25, 0.3) is 26.7 Å². The van der Waals surface area contributed by atoms with Crippen LogP contribution in [0.15, 0.2) is 60.0 Å². The van der Waals surface area contributed by atoms with Gasteiger partial charge in [-0.1, -0.05) is 24.3 Å². The molecule has 0 aliphatic rings. The van der Waals surface area contributed by atoms with Crippen molar-refractivity contribution < 1.29 is 14.6 Å². The Bertz CT molecular complexity index is 969. The van der Waals surface area contributed by atoms with E-state index in [1.165, 1.54) is 12.2 Å². The molecule has 2 aromatic carbocycles. The Kier molecular flexibility index (Phi) is 8.20. The molecule has 0 aliphatic carbocycles. The number of aliphatic hydroxyl groups is 1. The van der Waals surface area contributed by atoms with Crippen LogP contribution in [0.1, 0.15) is 11.1 Å². The van der Waals surface area contributed by atoms with Crippen LogP contribution in [0.2, 0.25) is 0 Å². The van der Waals surface area contributed by atoms with Gasteiger partial charge < -0.3 is 14.6 Å². The molecule has 2 rings (SSSR count). The summed E-state index contributed by atoms with van der Waals surface area (Å²) in [6.07, 6.45) is 2.11. The lowest BCUT2D eigenvalue weighted by atomic mass is 10.2. The second-order valence-corrected chi connectivity index (χ2v) is 5.89. The maximum atomic E-state index is 10.0. The fraction of sp³-hybridized carbons (Fsp3) is 0.130. The normalized spacial score (nSPS) is 11.0. The number of aliphatic hydroxyl groups excluding tert-OH is 1. The second-order valence-electron chi connectivity index (χ2n) is 5.89. The van der Waals surface area contributed by atoms with Gasteiger partial charge in [0, 0.05) is 6.08 Å². The van der Waals surface area contributed by atoms with Crippen molar-refractivity contribution >= 4 is 12.2 Å². The number of hydrogen-bond acceptors (Lipinski definition) is 4. The maximum Gasteiger partial charge on any atom is 0.519 e. The van der Waals surface area contributed by atoms with Gasteiger partial charge in [-0.25, -0.2) is 10.1 Å². The van der Waals surface area contributed by atoms with Crippen molar-refractivity contribution in [2.75, 3.05) is 13.2 Å². The van der Waals surface area contributed by atoms with E-state index in [9.17, 15) is 5.11 Å². The fourth-order valence-corrected chi connectivity index (χ4v) is 2.24. The number of nitrogens with zero attached hydrogens (tertiary/aromatic N) is 4. The van der Waals surface area contributed by atoms with E-state index in [0.717, 1.165) is 0 Å². The molecule has 0 amide bonds. The molecule has 0 fully saturated rings. The summed E-state index contributed by atoms with van der Waals surface area (Å²) in [4.78, 5) is 9.31. The van der Waals surface area contributed by atoms with Crippen molar-refractivity contribution in [1.29, 1.82) is 5.26 Å². The van der Waals surface area contributed by atoms with Gasteiger partial charge in [-0.2, -0.15) is 9.69 Å². The Morgan fingerprint density at radius 2 is 1.33 bits per heavy atom. The molecule has 1 N–H and O–H groups in total. The van der Waals surface area contributed by atoms with Crippen molar-refractivity contribution in [2.24, 2.45) is 0 Å². The topological polar surface area (TPSA) is 75.6 Å². The van der Waals surface area contributed by atoms with E-state index in [1.807, 2.05) is 0 Å². The van der Waals surface area contributed by atoms with E-state index in [-0.39, 0.29) is 24.7 Å². The quantitative estimate of drug-likeness (QED) is 0.529. The summed E-state index contributed by atoms with van der Waals surface area (Å²) in [5, 5.41) is 18.8. The summed E-state index contributed by atoms with van der Waals surface area (Å²) in [5.41, 5.74) is 1.42. The van der Waals surface area contributed by atoms with Crippen LogP contribution in [0.3, 0.4) is 0 Å². The molecular weight excluding hydrogens is 380 g/mol. The van der Waals surface area contributed by atoms with E-state index in [0.29, 0.717) is 22.6 Å². The van der Waals surface area contributed by atoms with Crippen molar-refractivity contribution in [1.82, 2.24) is 0 Å². The number of allylic oxidation sites excluding steroid dienone is 1. The highest BCUT2D eigenvalue weighted by molar-refractivity contribution is 5.59. The van der Waals surface area contributed by atoms with Crippen LogP contribution in [0, 0.1) is 31.0 Å². The van der Waals surface area contributed by atoms with E-state index in [2.05, 4.69) is 14.5 Å². The molecule has 2 aromatic rings. The molecule has 0 heterocycles. The molecule has 7 nitrogen and oxygen atoms in total. The molecule has 0 radical (unpaired) electrons. The average molecular weight is 396 g/mol. The fourth-order valence-electron chi connectivity index (χ4n) is 2.24. The molecular formula is C23H16N4O3. The Balaban J connectivity index is 1.82. The Morgan fingerprint density at radius 3 is 1.73 bits per heavy atom. The zero-order valence-corrected chi connectivity index (χ0v) is 15.8. The number of benzene rings is 2. The van der Waals surface area contributed by atoms with E-state index >= 15 is 0 Å². The third kappa shape index (κ3) is 6.87. The third-order valence-corrected chi connectivity index (χ3v) is 3.71. The highest BCUT2D eigenvalue weighted by Gasteiger charge is 2.08. The van der Waals surface area contributed by atoms with Crippen molar-refractivity contribution in [2.45, 2.75) is 6.10 Å². The molecule has 30 heavy (non-hydrogen) atoms. The Labute approximate surface area is 174 Å². The van der Waals surface area contributed by atoms with Gasteiger partial charge in [-0.05, 0) is 41.5 Å². The van der Waals surface area contributed by atoms with Crippen molar-refractivity contribution in [3.63, 3.8) is 0 Å². The average Bonchev–Trinajstić information content (AvgIpc) is 2.79. The largest absolute Gasteiger partial charge is 0.519 e. The minimum Gasteiger partial charge on any atom is -0.491 e. The zero-order chi connectivity index (χ0) is 21.8. The molecule has 146 valence electrons. The maximum absolute atomic E-state index is 10.0. The first-order valence-electron chi connectivity index (χ1n) is 8.67. The lowest BCUT2D eigenvalue weighted by molar-refractivity contribution is 0.0626. The smallest absolute Gasteiger partial charge is 0.491 e. The van der Waals surface area contributed by atoms with Gasteiger partial charge >= 0.3 is 5.82 Å². The van der Waals surface area contributed by atoms with Gasteiger partial charge in [0.2, 0.25) is 0 Å². The van der Waals surface area contributed by atoms with Crippen LogP contribution < -0.4 is 9.47 Å². The number of rotatable bonds is 8. The summed E-state index contributed by atoms with van der Waals surface area (Å²) < 4.78 is 11.0. The van der Waals surface area contributed by atoms with E-state index in [4.69, 9.17) is 34.5 Å². The molecule has 0 aliphatic heterocycles. The molecule has 1 atom stereocenters. The lowest BCUT2D eigenvalue weighted by Crippen LogP contribution is -2.25. The highest BCUT2D eigenvalue weighted by Crippen LogP contribution is 2.17. The minimum absolute atomic E-state index is 0.00138. The number of hydrogen-bond donors (Lipinski definition) is 1. The zero-order valence-electron chi connectivity index (χ0n) is 15.8. The van der Waals surface area contributed by atoms with Gasteiger partial charge in [0.25, 0.3) is 5.70 Å². The lowest BCUT2D eigenvalue weighted by Gasteiger charge is -2.14. The Morgan fingerprint density at radius 1 is 0.867 bits per heavy atom. The van der Waals surface area contributed by atoms with Crippen molar-refractivity contribution in [3.8, 4) is 17.6 Å². The molecule has 1 unspecified atom stereocenters. The van der Waals surface area contributed by atoms with Gasteiger partial charge in [0.05, 0.1) is 12.6 Å². The first-order valence-corrected chi connectivity index (χ1v) is 8.67. The number of ether oxygens (including phenoxy) is 2. The van der Waals surface area contributed by atoms with Gasteiger partial charge in [-0.3, -0.25) is 0 Å². The van der Waals surface area contributed by atoms with Gasteiger partial charge in [0.15, 0.2) is 0 Å². The van der Waals surface area contributed by atoms with Crippen LogP contribution in [0.5, 0.6) is 11.5 Å². The predicted molar refractivity (Wildman–Crippen MR) is 111 cm³/mol. The molecule has 7 heteroatoms. The monoisotopic (exact) mass is 396 g/mol. The van der Waals surface area contributed by atoms with Crippen molar-refractivity contribution in [3.05, 3.63) is 105 Å². The Hall–Kier alpha value is -4.56. The summed E-state index contributed by atoms with van der Waals surface area (Å²) in [6.45, 7) is 20.7. The summed E-state index contributed by atoms with van der Waals surface area (Å²) in [5.74, 6) is 1.07. The van der Waals surface area contributed by atoms with E-state index in [1.54, 1.807) is 54.6 Å². The minimum atomic E-state index is -0.854. The van der Waals surface area contributed by atoms with E-state index < -0.39 is 6.10 Å². The molecule has 0 saturated heterocycles. The first-order chi connectivity index (χ1) is 14.6. The third-order valence-electron chi connectivity index (χ3n) is 3.71. The highest BCUT2D eigenvalue weighted by atomic mass is 16.5. The molecule has 0 spiro atoms. The standard InChI is InChI=1S/C23H16N4O3/c1-25-19(14-24)12-17-4-8-21(9-5-17)29-15-20(28)16-30-22-10-6-18(7-11-22)13-23(26-2)27-3/h4-13,20,28H,15-16H2. The first kappa shape index (κ1) is 21.7. The van der Waals surface area contributed by atoms with Crippen LogP contribution >= 0.6 is 0 Å². The summed E-state index contributed by atoms with van der Waals surface area (Å²) >= 11 is 0. The molecule has 0 saturated carbocycles.